The molecule has 3 aromatic carbocycles. The van der Waals surface area contributed by atoms with E-state index >= 15 is 0 Å². The predicted molar refractivity (Wildman–Crippen MR) is 117 cm³/mol. The van der Waals surface area contributed by atoms with Gasteiger partial charge in [-0.15, -0.1) is 0 Å². The molecule has 3 atom stereocenters. The Balaban J connectivity index is 1.44. The summed E-state index contributed by atoms with van der Waals surface area (Å²) in [5, 5.41) is 0.614. The quantitative estimate of drug-likeness (QED) is 0.616. The maximum atomic E-state index is 13.4. The van der Waals surface area contributed by atoms with Crippen molar-refractivity contribution in [3.05, 3.63) is 107 Å². The van der Waals surface area contributed by atoms with Crippen LogP contribution in [0, 0.1) is 5.92 Å². The van der Waals surface area contributed by atoms with E-state index in [9.17, 15) is 9.59 Å². The number of nitrogens with one attached hydrogen (secondary N) is 1. The summed E-state index contributed by atoms with van der Waals surface area (Å²) in [7, 11) is 0. The molecule has 2 heterocycles. The lowest BCUT2D eigenvalue weighted by Gasteiger charge is -2.25. The number of amides is 2. The molecular formula is C25H21ClN2O3. The van der Waals surface area contributed by atoms with Gasteiger partial charge in [0.25, 0.3) is 5.91 Å². The maximum absolute atomic E-state index is 13.4. The Morgan fingerprint density at radius 1 is 0.839 bits per heavy atom. The van der Waals surface area contributed by atoms with Crippen molar-refractivity contribution in [2.45, 2.75) is 18.1 Å². The predicted octanol–water partition coefficient (Wildman–Crippen LogP) is 4.10. The van der Waals surface area contributed by atoms with Crippen LogP contribution < -0.4 is 5.48 Å². The number of hydrogen-bond acceptors (Lipinski definition) is 4. The summed E-state index contributed by atoms with van der Waals surface area (Å²) in [5.74, 6) is -1.22. The lowest BCUT2D eigenvalue weighted by atomic mass is 9.90. The van der Waals surface area contributed by atoms with Crippen molar-refractivity contribution >= 4 is 23.4 Å². The van der Waals surface area contributed by atoms with Gasteiger partial charge in [0.1, 0.15) is 0 Å². The normalized spacial score (nSPS) is 22.9. The molecule has 0 saturated carbocycles. The zero-order valence-corrected chi connectivity index (χ0v) is 17.4. The first-order chi connectivity index (χ1) is 15.1. The number of rotatable bonds is 5. The Hall–Kier alpha value is -2.99. The largest absolute Gasteiger partial charge is 0.287 e. The van der Waals surface area contributed by atoms with Gasteiger partial charge in [0.2, 0.25) is 5.91 Å². The van der Waals surface area contributed by atoms with Gasteiger partial charge in [-0.3, -0.25) is 19.3 Å². The molecule has 0 radical (unpaired) electrons. The van der Waals surface area contributed by atoms with Crippen molar-refractivity contribution in [1.82, 2.24) is 10.4 Å². The molecule has 1 N–H and O–H groups in total. The fourth-order valence-electron chi connectivity index (χ4n) is 4.47. The molecule has 0 bridgehead atoms. The van der Waals surface area contributed by atoms with E-state index in [1.165, 1.54) is 4.90 Å². The Morgan fingerprint density at radius 3 is 2.00 bits per heavy atom. The molecule has 6 heteroatoms. The summed E-state index contributed by atoms with van der Waals surface area (Å²) in [4.78, 5) is 33.5. The Labute approximate surface area is 185 Å². The van der Waals surface area contributed by atoms with Gasteiger partial charge >= 0.3 is 0 Å². The smallest absolute Gasteiger partial charge is 0.261 e. The third-order valence-electron chi connectivity index (χ3n) is 6.07. The summed E-state index contributed by atoms with van der Waals surface area (Å²) < 4.78 is 0. The summed E-state index contributed by atoms with van der Waals surface area (Å²) in [6, 6.07) is 26.7. The molecule has 0 spiro atoms. The molecule has 3 aromatic rings. The van der Waals surface area contributed by atoms with Gasteiger partial charge in [-0.1, -0.05) is 84.4 Å². The number of likely N-dealkylation sites (tertiary alicyclic amines) is 1. The fraction of sp³-hybridized carbons (Fsp3) is 0.200. The van der Waals surface area contributed by atoms with Crippen molar-refractivity contribution < 1.29 is 14.4 Å². The van der Waals surface area contributed by atoms with Crippen LogP contribution in [0.4, 0.5) is 0 Å². The number of nitrogens with zero attached hydrogens (tertiary/aromatic N) is 1. The third-order valence-corrected chi connectivity index (χ3v) is 6.32. The van der Waals surface area contributed by atoms with Crippen LogP contribution in [0.1, 0.15) is 28.7 Å². The van der Waals surface area contributed by atoms with Crippen LogP contribution in [0.25, 0.3) is 0 Å². The van der Waals surface area contributed by atoms with Crippen molar-refractivity contribution in [2.75, 3.05) is 6.54 Å². The summed E-state index contributed by atoms with van der Waals surface area (Å²) in [6.07, 6.45) is -0.819. The maximum Gasteiger partial charge on any atom is 0.261 e. The third kappa shape index (κ3) is 3.65. The number of hydrogen-bond donors (Lipinski definition) is 1. The zero-order valence-electron chi connectivity index (χ0n) is 16.6. The minimum atomic E-state index is -0.819. The topological polar surface area (TPSA) is 58.6 Å². The molecule has 2 fully saturated rings. The number of fused-ring (bicyclic) bond motifs is 1. The van der Waals surface area contributed by atoms with E-state index in [0.29, 0.717) is 5.02 Å². The van der Waals surface area contributed by atoms with Gasteiger partial charge < -0.3 is 0 Å². The SMILES string of the molecule is O=C1[C@H]2ONC(c3ccc(Cl)cc3)[C@H]2C(=O)N1CC(c1ccccc1)c1ccccc1. The van der Waals surface area contributed by atoms with E-state index < -0.39 is 18.1 Å². The molecule has 5 nitrogen and oxygen atoms in total. The Kier molecular flexibility index (Phi) is 5.32. The van der Waals surface area contributed by atoms with Gasteiger partial charge in [-0.25, -0.2) is 0 Å². The van der Waals surface area contributed by atoms with Gasteiger partial charge in [-0.2, -0.15) is 5.48 Å². The van der Waals surface area contributed by atoms with Crippen LogP contribution in [0.3, 0.4) is 0 Å². The fourth-order valence-corrected chi connectivity index (χ4v) is 4.59. The number of halogens is 1. The number of carbonyl (C=O) groups is 2. The molecule has 5 rings (SSSR count). The van der Waals surface area contributed by atoms with E-state index in [2.05, 4.69) is 5.48 Å². The van der Waals surface area contributed by atoms with E-state index in [4.69, 9.17) is 16.4 Å². The molecular weight excluding hydrogens is 412 g/mol. The summed E-state index contributed by atoms with van der Waals surface area (Å²) >= 11 is 6.00. The second kappa shape index (κ2) is 8.27. The zero-order chi connectivity index (χ0) is 21.4. The van der Waals surface area contributed by atoms with Gasteiger partial charge in [-0.05, 0) is 28.8 Å². The first kappa shape index (κ1) is 19.9. The molecule has 31 heavy (non-hydrogen) atoms. The highest BCUT2D eigenvalue weighted by Gasteiger charge is 2.56. The lowest BCUT2D eigenvalue weighted by molar-refractivity contribution is -0.144. The van der Waals surface area contributed by atoms with Gasteiger partial charge in [0.15, 0.2) is 6.10 Å². The van der Waals surface area contributed by atoms with Crippen molar-refractivity contribution in [1.29, 1.82) is 0 Å². The van der Waals surface area contributed by atoms with Crippen LogP contribution in [-0.4, -0.2) is 29.4 Å². The van der Waals surface area contributed by atoms with E-state index in [0.717, 1.165) is 16.7 Å². The van der Waals surface area contributed by atoms with Crippen LogP contribution >= 0.6 is 11.6 Å². The molecule has 2 amide bonds. The minimum absolute atomic E-state index is 0.115. The van der Waals surface area contributed by atoms with Crippen molar-refractivity contribution in [2.24, 2.45) is 5.92 Å². The highest BCUT2D eigenvalue weighted by Crippen LogP contribution is 2.40. The summed E-state index contributed by atoms with van der Waals surface area (Å²) in [6.45, 7) is 0.273. The number of benzene rings is 3. The minimum Gasteiger partial charge on any atom is -0.287 e. The highest BCUT2D eigenvalue weighted by molar-refractivity contribution is 6.30. The Bertz CT molecular complexity index is 1050. The molecule has 156 valence electrons. The molecule has 0 aromatic heterocycles. The first-order valence-electron chi connectivity index (χ1n) is 10.3. The Morgan fingerprint density at radius 2 is 1.42 bits per heavy atom. The van der Waals surface area contributed by atoms with Gasteiger partial charge in [0, 0.05) is 17.5 Å². The number of carbonyl (C=O) groups excluding carboxylic acids is 2. The van der Waals surface area contributed by atoms with Crippen LogP contribution in [0.5, 0.6) is 0 Å². The summed E-state index contributed by atoms with van der Waals surface area (Å²) in [5.41, 5.74) is 5.85. The second-order valence-electron chi connectivity index (χ2n) is 7.87. The van der Waals surface area contributed by atoms with Gasteiger partial charge in [0.05, 0.1) is 12.0 Å². The standard InChI is InChI=1S/C25H21ClN2O3/c26-19-13-11-18(12-14-19)22-21-23(31-27-22)25(30)28(24(21)29)15-20(16-7-3-1-4-8-16)17-9-5-2-6-10-17/h1-14,20-23,27H,15H2/t21-,22?,23+/m1/s1. The first-order valence-corrected chi connectivity index (χ1v) is 10.6. The van der Waals surface area contributed by atoms with E-state index in [-0.39, 0.29) is 24.3 Å². The van der Waals surface area contributed by atoms with Crippen LogP contribution in [0.15, 0.2) is 84.9 Å². The second-order valence-corrected chi connectivity index (χ2v) is 8.31. The molecule has 2 aliphatic heterocycles. The van der Waals surface area contributed by atoms with Crippen molar-refractivity contribution in [3.8, 4) is 0 Å². The van der Waals surface area contributed by atoms with Crippen molar-refractivity contribution in [3.63, 3.8) is 0 Å². The number of imide groups is 1. The molecule has 0 aliphatic carbocycles. The average Bonchev–Trinajstić information content (AvgIpc) is 3.34. The number of hydroxylamine groups is 1. The van der Waals surface area contributed by atoms with Crippen LogP contribution in [0.2, 0.25) is 5.02 Å². The molecule has 1 unspecified atom stereocenters. The van der Waals surface area contributed by atoms with E-state index in [1.807, 2.05) is 72.8 Å². The molecule has 2 saturated heterocycles. The highest BCUT2D eigenvalue weighted by atomic mass is 35.5. The lowest BCUT2D eigenvalue weighted by Crippen LogP contribution is -2.38. The molecule has 2 aliphatic rings. The monoisotopic (exact) mass is 432 g/mol. The van der Waals surface area contributed by atoms with E-state index in [1.54, 1.807) is 12.1 Å². The van der Waals surface area contributed by atoms with Crippen LogP contribution in [-0.2, 0) is 14.4 Å². The average molecular weight is 433 g/mol.